The number of amides is 1. The van der Waals surface area contributed by atoms with Crippen LogP contribution >= 0.6 is 23.2 Å². The van der Waals surface area contributed by atoms with Crippen molar-refractivity contribution in [2.24, 2.45) is 0 Å². The maximum atomic E-state index is 13.5. The van der Waals surface area contributed by atoms with E-state index in [2.05, 4.69) is 25.5 Å². The monoisotopic (exact) mass is 639 g/mol. The summed E-state index contributed by atoms with van der Waals surface area (Å²) >= 11 is 12.6. The maximum absolute atomic E-state index is 13.5. The first-order chi connectivity index (χ1) is 21.3. The summed E-state index contributed by atoms with van der Waals surface area (Å²) in [4.78, 5) is 24.0. The summed E-state index contributed by atoms with van der Waals surface area (Å²) in [6, 6.07) is 15.8. The van der Waals surface area contributed by atoms with Gasteiger partial charge in [-0.3, -0.25) is 4.79 Å². The number of aromatic nitrogens is 2. The van der Waals surface area contributed by atoms with Crippen LogP contribution in [0.25, 0.3) is 11.0 Å². The normalized spacial score (nSPS) is 14.8. The Kier molecular flexibility index (Phi) is 10.4. The van der Waals surface area contributed by atoms with Crippen molar-refractivity contribution in [3.05, 3.63) is 75.3 Å². The fourth-order valence-electron chi connectivity index (χ4n) is 5.85. The number of nitrogens with zero attached hydrogens (tertiary/aromatic N) is 2. The molecule has 1 unspecified atom stereocenters. The Morgan fingerprint density at radius 2 is 1.77 bits per heavy atom. The molecule has 0 radical (unpaired) electrons. The van der Waals surface area contributed by atoms with E-state index in [0.29, 0.717) is 51.0 Å². The predicted molar refractivity (Wildman–Crippen MR) is 176 cm³/mol. The van der Waals surface area contributed by atoms with E-state index in [9.17, 15) is 4.79 Å². The number of ether oxygens (including phenoxy) is 3. The fourth-order valence-corrected chi connectivity index (χ4v) is 6.16. The van der Waals surface area contributed by atoms with Gasteiger partial charge < -0.3 is 34.7 Å². The molecule has 2 heterocycles. The van der Waals surface area contributed by atoms with Crippen LogP contribution in [0.3, 0.4) is 0 Å². The molecular weight excluding hydrogens is 601 g/mol. The summed E-state index contributed by atoms with van der Waals surface area (Å²) in [6.45, 7) is 5.10. The molecule has 1 amide bonds. The number of carbonyl (C=O) groups is 1. The number of likely N-dealkylation sites (tertiary alicyclic amines) is 1. The largest absolute Gasteiger partial charge is 0.493 e. The first-order valence-electron chi connectivity index (χ1n) is 14.8. The third kappa shape index (κ3) is 7.17. The Labute approximate surface area is 268 Å². The van der Waals surface area contributed by atoms with Gasteiger partial charge in [-0.15, -0.1) is 0 Å². The van der Waals surface area contributed by atoms with Crippen molar-refractivity contribution in [1.82, 2.24) is 20.2 Å². The lowest BCUT2D eigenvalue weighted by molar-refractivity contribution is 0.0948. The summed E-state index contributed by atoms with van der Waals surface area (Å²) in [6.07, 6.45) is 2.88. The molecule has 9 nitrogen and oxygen atoms in total. The van der Waals surface area contributed by atoms with Gasteiger partial charge in [0.05, 0.1) is 42.4 Å². The van der Waals surface area contributed by atoms with Gasteiger partial charge in [-0.1, -0.05) is 41.4 Å². The van der Waals surface area contributed by atoms with Crippen LogP contribution in [-0.2, 0) is 0 Å². The number of piperidine rings is 1. The Morgan fingerprint density at radius 1 is 1.02 bits per heavy atom. The molecule has 0 bridgehead atoms. The second kappa shape index (κ2) is 14.4. The number of hydrogen-bond acceptors (Lipinski definition) is 7. The minimum atomic E-state index is -0.218. The number of benzene rings is 3. The molecule has 1 aliphatic rings. The van der Waals surface area contributed by atoms with E-state index in [1.54, 1.807) is 20.3 Å². The lowest BCUT2D eigenvalue weighted by atomic mass is 9.94. The zero-order valence-electron chi connectivity index (χ0n) is 25.5. The number of anilines is 1. The topological polar surface area (TPSA) is 101 Å². The van der Waals surface area contributed by atoms with Crippen molar-refractivity contribution >= 4 is 46.1 Å². The SMILES string of the molecule is COc1cc(C(=O)NCC(CCN2CCC(Nc3nc4ccccc4[nH]3)CC2)c2ccc(Cl)c(Cl)c2)c(C)c(OC)c1OC. The minimum absolute atomic E-state index is 0.0301. The van der Waals surface area contributed by atoms with E-state index >= 15 is 0 Å². The number of methoxy groups -OCH3 is 3. The van der Waals surface area contributed by atoms with Gasteiger partial charge in [0.15, 0.2) is 11.5 Å². The second-order valence-corrected chi connectivity index (χ2v) is 11.9. The number of rotatable bonds is 12. The van der Waals surface area contributed by atoms with Crippen molar-refractivity contribution in [2.45, 2.75) is 38.1 Å². The molecule has 0 aliphatic carbocycles. The first kappa shape index (κ1) is 31.8. The zero-order chi connectivity index (χ0) is 31.2. The van der Waals surface area contributed by atoms with Crippen molar-refractivity contribution in [3.63, 3.8) is 0 Å². The summed E-state index contributed by atoms with van der Waals surface area (Å²) in [5.41, 5.74) is 4.17. The molecular formula is C33H39Cl2N5O4. The molecule has 1 aromatic heterocycles. The molecule has 1 atom stereocenters. The molecule has 5 rings (SSSR count). The number of hydrogen-bond donors (Lipinski definition) is 3. The quantitative estimate of drug-likeness (QED) is 0.159. The van der Waals surface area contributed by atoms with E-state index in [0.717, 1.165) is 61.4 Å². The van der Waals surface area contributed by atoms with Gasteiger partial charge in [0.25, 0.3) is 5.91 Å². The van der Waals surface area contributed by atoms with Crippen molar-refractivity contribution in [1.29, 1.82) is 0 Å². The summed E-state index contributed by atoms with van der Waals surface area (Å²) in [7, 11) is 4.62. The van der Waals surface area contributed by atoms with Crippen LogP contribution in [0.1, 0.15) is 46.7 Å². The molecule has 1 fully saturated rings. The van der Waals surface area contributed by atoms with Gasteiger partial charge in [0.1, 0.15) is 0 Å². The molecule has 44 heavy (non-hydrogen) atoms. The van der Waals surface area contributed by atoms with Gasteiger partial charge >= 0.3 is 0 Å². The third-order valence-corrected chi connectivity index (χ3v) is 9.10. The van der Waals surface area contributed by atoms with Crippen LogP contribution in [0.4, 0.5) is 5.95 Å². The number of nitrogens with one attached hydrogen (secondary N) is 3. The molecule has 1 saturated heterocycles. The van der Waals surface area contributed by atoms with Crippen LogP contribution < -0.4 is 24.8 Å². The number of imidazole rings is 1. The van der Waals surface area contributed by atoms with Gasteiger partial charge in [-0.05, 0) is 68.6 Å². The molecule has 1 aliphatic heterocycles. The van der Waals surface area contributed by atoms with E-state index in [1.807, 2.05) is 49.4 Å². The Hall–Kier alpha value is -3.66. The van der Waals surface area contributed by atoms with Crippen molar-refractivity contribution in [3.8, 4) is 17.2 Å². The van der Waals surface area contributed by atoms with Crippen LogP contribution in [-0.4, -0.2) is 74.3 Å². The Bertz CT molecular complexity index is 1570. The highest BCUT2D eigenvalue weighted by atomic mass is 35.5. The van der Waals surface area contributed by atoms with Crippen LogP contribution in [0.5, 0.6) is 17.2 Å². The molecule has 0 spiro atoms. The summed E-state index contributed by atoms with van der Waals surface area (Å²) in [5, 5.41) is 7.72. The highest BCUT2D eigenvalue weighted by Crippen LogP contribution is 2.41. The highest BCUT2D eigenvalue weighted by Gasteiger charge is 2.24. The van der Waals surface area contributed by atoms with Crippen LogP contribution in [0, 0.1) is 6.92 Å². The highest BCUT2D eigenvalue weighted by molar-refractivity contribution is 6.42. The number of H-pyrrole nitrogens is 1. The van der Waals surface area contributed by atoms with Crippen molar-refractivity contribution < 1.29 is 19.0 Å². The van der Waals surface area contributed by atoms with E-state index in [1.165, 1.54) is 7.11 Å². The number of halogens is 2. The lowest BCUT2D eigenvalue weighted by Crippen LogP contribution is -2.40. The maximum Gasteiger partial charge on any atom is 0.251 e. The molecule has 0 saturated carbocycles. The smallest absolute Gasteiger partial charge is 0.251 e. The summed E-state index contributed by atoms with van der Waals surface area (Å²) < 4.78 is 16.5. The van der Waals surface area contributed by atoms with Crippen molar-refractivity contribution in [2.75, 3.05) is 52.8 Å². The molecule has 4 aromatic rings. The average molecular weight is 641 g/mol. The molecule has 3 N–H and O–H groups in total. The van der Waals surface area contributed by atoms with E-state index in [-0.39, 0.29) is 11.8 Å². The standard InChI is InChI=1S/C33H39Cl2N5O4/c1-20-24(18-29(42-2)31(44-4)30(20)43-3)32(41)36-19-22(21-9-10-25(34)26(35)17-21)11-14-40-15-12-23(13-16-40)37-33-38-27-7-5-6-8-28(27)39-33/h5-10,17-18,22-23H,11-16,19H2,1-4H3,(H,36,41)(H2,37,38,39). The van der Waals surface area contributed by atoms with Crippen LogP contribution in [0.15, 0.2) is 48.5 Å². The van der Waals surface area contributed by atoms with Crippen LogP contribution in [0.2, 0.25) is 10.0 Å². The third-order valence-electron chi connectivity index (χ3n) is 8.36. The molecule has 234 valence electrons. The average Bonchev–Trinajstić information content (AvgIpc) is 3.45. The summed E-state index contributed by atoms with van der Waals surface area (Å²) in [5.74, 6) is 1.99. The Balaban J connectivity index is 1.22. The zero-order valence-corrected chi connectivity index (χ0v) is 27.0. The second-order valence-electron chi connectivity index (χ2n) is 11.0. The van der Waals surface area contributed by atoms with Gasteiger partial charge in [0, 0.05) is 42.7 Å². The number of para-hydroxylation sites is 2. The molecule has 11 heteroatoms. The number of carbonyl (C=O) groups excluding carboxylic acids is 1. The Morgan fingerprint density at radius 3 is 2.45 bits per heavy atom. The minimum Gasteiger partial charge on any atom is -0.493 e. The van der Waals surface area contributed by atoms with Gasteiger partial charge in [-0.2, -0.15) is 0 Å². The number of aromatic amines is 1. The lowest BCUT2D eigenvalue weighted by Gasteiger charge is -2.33. The predicted octanol–water partition coefficient (Wildman–Crippen LogP) is 6.68. The van der Waals surface area contributed by atoms with Gasteiger partial charge in [0.2, 0.25) is 11.7 Å². The van der Waals surface area contributed by atoms with E-state index < -0.39 is 0 Å². The first-order valence-corrected chi connectivity index (χ1v) is 15.5. The number of fused-ring (bicyclic) bond motifs is 1. The fraction of sp³-hybridized carbons (Fsp3) is 0.394. The molecule has 3 aromatic carbocycles. The van der Waals surface area contributed by atoms with E-state index in [4.69, 9.17) is 37.4 Å². The van der Waals surface area contributed by atoms with Gasteiger partial charge in [-0.25, -0.2) is 4.98 Å².